The fourth-order valence-electron chi connectivity index (χ4n) is 1.98. The summed E-state index contributed by atoms with van der Waals surface area (Å²) in [6.45, 7) is 2.87. The highest BCUT2D eigenvalue weighted by molar-refractivity contribution is 5.97. The van der Waals surface area contributed by atoms with E-state index in [4.69, 9.17) is 6.42 Å². The van der Waals surface area contributed by atoms with Gasteiger partial charge in [0, 0.05) is 25.6 Å². The Bertz CT molecular complexity index is 385. The average Bonchev–Trinajstić information content (AvgIpc) is 2.50. The summed E-state index contributed by atoms with van der Waals surface area (Å²) < 4.78 is 0. The Hall–Kier alpha value is -1.67. The number of carbonyl (C=O) groups excluding carboxylic acids is 2. The molecule has 0 aliphatic rings. The Morgan fingerprint density at radius 1 is 1.29 bits per heavy atom. The highest BCUT2D eigenvalue weighted by Gasteiger charge is 2.23. The minimum Gasteiger partial charge on any atom is -0.359 e. The third kappa shape index (κ3) is 8.26. The quantitative estimate of drug-likeness (QED) is 0.363. The van der Waals surface area contributed by atoms with Gasteiger partial charge in [0.05, 0.1) is 5.92 Å². The summed E-state index contributed by atoms with van der Waals surface area (Å²) in [6.07, 6.45) is 10.8. The zero-order chi connectivity index (χ0) is 16.1. The van der Waals surface area contributed by atoms with Crippen LogP contribution in [-0.2, 0) is 9.59 Å². The van der Waals surface area contributed by atoms with Gasteiger partial charge in [0.1, 0.15) is 0 Å². The summed E-state index contributed by atoms with van der Waals surface area (Å²) >= 11 is 0. The van der Waals surface area contributed by atoms with Gasteiger partial charge in [-0.25, -0.2) is 4.99 Å². The largest absolute Gasteiger partial charge is 0.359 e. The van der Waals surface area contributed by atoms with Gasteiger partial charge >= 0.3 is 0 Å². The lowest BCUT2D eigenvalue weighted by atomic mass is 9.91. The van der Waals surface area contributed by atoms with Gasteiger partial charge in [-0.2, -0.15) is 0 Å². The van der Waals surface area contributed by atoms with Crippen LogP contribution in [0.15, 0.2) is 4.99 Å². The maximum atomic E-state index is 11.8. The third-order valence-electron chi connectivity index (χ3n) is 3.33. The topological polar surface area (TPSA) is 70.6 Å². The van der Waals surface area contributed by atoms with Crippen molar-refractivity contribution >= 4 is 18.0 Å². The van der Waals surface area contributed by atoms with E-state index >= 15 is 0 Å². The standard InChI is InChI=1S/C16H27N3O2/c1-5-13(6-2)14(16(21)18-4)12-19-15(20)10-8-7-9-11-17-3/h1,12-14,17H,6-11H2,2-4H3,(H,18,21)/t13-,14?/m0/s1. The number of nitrogens with zero attached hydrogens (tertiary/aromatic N) is 1. The highest BCUT2D eigenvalue weighted by Crippen LogP contribution is 2.14. The van der Waals surface area contributed by atoms with Gasteiger partial charge in [-0.15, -0.1) is 12.3 Å². The average molecular weight is 293 g/mol. The lowest BCUT2D eigenvalue weighted by molar-refractivity contribution is -0.123. The predicted molar refractivity (Wildman–Crippen MR) is 86.1 cm³/mol. The van der Waals surface area contributed by atoms with E-state index in [0.29, 0.717) is 12.8 Å². The van der Waals surface area contributed by atoms with Crippen molar-refractivity contribution in [3.05, 3.63) is 0 Å². The molecule has 0 aliphatic carbocycles. The van der Waals surface area contributed by atoms with Crippen LogP contribution >= 0.6 is 0 Å². The smallest absolute Gasteiger partial charge is 0.245 e. The SMILES string of the molecule is C#C[C@@H](CC)C(C=NC(=O)CCCCCNC)C(=O)NC. The second-order valence-corrected chi connectivity index (χ2v) is 4.91. The molecule has 2 atom stereocenters. The summed E-state index contributed by atoms with van der Waals surface area (Å²) in [7, 11) is 3.46. The monoisotopic (exact) mass is 293 g/mol. The Morgan fingerprint density at radius 2 is 2.00 bits per heavy atom. The van der Waals surface area contributed by atoms with Gasteiger partial charge in [0.25, 0.3) is 0 Å². The van der Waals surface area contributed by atoms with Crippen LogP contribution in [0, 0.1) is 24.2 Å². The van der Waals surface area contributed by atoms with Gasteiger partial charge in [0.2, 0.25) is 11.8 Å². The van der Waals surface area contributed by atoms with Crippen LogP contribution in [0.3, 0.4) is 0 Å². The fourth-order valence-corrected chi connectivity index (χ4v) is 1.98. The first-order valence-electron chi connectivity index (χ1n) is 7.50. The molecule has 0 heterocycles. The highest BCUT2D eigenvalue weighted by atomic mass is 16.2. The Balaban J connectivity index is 4.39. The summed E-state index contributed by atoms with van der Waals surface area (Å²) in [6, 6.07) is 0. The molecule has 21 heavy (non-hydrogen) atoms. The zero-order valence-electron chi connectivity index (χ0n) is 13.3. The molecule has 0 saturated heterocycles. The summed E-state index contributed by atoms with van der Waals surface area (Å²) in [5, 5.41) is 5.62. The van der Waals surface area contributed by atoms with E-state index in [1.54, 1.807) is 7.05 Å². The second kappa shape index (κ2) is 12.1. The molecule has 2 amide bonds. The molecule has 5 nitrogen and oxygen atoms in total. The van der Waals surface area contributed by atoms with E-state index in [9.17, 15) is 9.59 Å². The number of hydrogen-bond donors (Lipinski definition) is 2. The van der Waals surface area contributed by atoms with E-state index in [1.165, 1.54) is 6.21 Å². The fraction of sp³-hybridized carbons (Fsp3) is 0.688. The number of nitrogens with one attached hydrogen (secondary N) is 2. The minimum atomic E-state index is -0.543. The van der Waals surface area contributed by atoms with E-state index in [2.05, 4.69) is 21.5 Å². The lowest BCUT2D eigenvalue weighted by Gasteiger charge is -2.15. The van der Waals surface area contributed by atoms with Crippen molar-refractivity contribution in [1.29, 1.82) is 0 Å². The molecule has 1 unspecified atom stereocenters. The van der Waals surface area contributed by atoms with Crippen molar-refractivity contribution < 1.29 is 9.59 Å². The normalized spacial score (nSPS) is 13.6. The van der Waals surface area contributed by atoms with Crippen LogP contribution in [0.4, 0.5) is 0 Å². The Kier molecular flexibility index (Phi) is 11.1. The lowest BCUT2D eigenvalue weighted by Crippen LogP contribution is -2.33. The summed E-state index contributed by atoms with van der Waals surface area (Å²) in [5.74, 6) is 1.41. The molecule has 0 aromatic heterocycles. The van der Waals surface area contributed by atoms with Crippen LogP contribution in [0.2, 0.25) is 0 Å². The molecule has 0 aromatic carbocycles. The van der Waals surface area contributed by atoms with Gasteiger partial charge in [-0.05, 0) is 32.9 Å². The Labute approximate surface area is 128 Å². The van der Waals surface area contributed by atoms with E-state index in [-0.39, 0.29) is 17.7 Å². The first-order valence-corrected chi connectivity index (χ1v) is 7.50. The molecular weight excluding hydrogens is 266 g/mol. The van der Waals surface area contributed by atoms with Gasteiger partial charge in [-0.3, -0.25) is 9.59 Å². The molecule has 0 aliphatic heterocycles. The third-order valence-corrected chi connectivity index (χ3v) is 3.33. The first kappa shape index (κ1) is 19.3. The first-order chi connectivity index (χ1) is 10.1. The molecule has 0 rings (SSSR count). The molecule has 0 radical (unpaired) electrons. The van der Waals surface area contributed by atoms with Crippen molar-refractivity contribution in [3.63, 3.8) is 0 Å². The zero-order valence-corrected chi connectivity index (χ0v) is 13.3. The maximum absolute atomic E-state index is 11.8. The van der Waals surface area contributed by atoms with Gasteiger partial charge in [-0.1, -0.05) is 13.3 Å². The van der Waals surface area contributed by atoms with Gasteiger partial charge < -0.3 is 10.6 Å². The molecular formula is C16H27N3O2. The van der Waals surface area contributed by atoms with Crippen molar-refractivity contribution in [3.8, 4) is 12.3 Å². The molecule has 0 bridgehead atoms. The van der Waals surface area contributed by atoms with E-state index in [1.807, 2.05) is 14.0 Å². The second-order valence-electron chi connectivity index (χ2n) is 4.91. The molecule has 0 saturated carbocycles. The molecule has 5 heteroatoms. The minimum absolute atomic E-state index is 0.194. The molecule has 0 fully saturated rings. The van der Waals surface area contributed by atoms with E-state index in [0.717, 1.165) is 25.8 Å². The van der Waals surface area contributed by atoms with Crippen molar-refractivity contribution in [1.82, 2.24) is 10.6 Å². The van der Waals surface area contributed by atoms with Gasteiger partial charge in [0.15, 0.2) is 0 Å². The molecule has 0 aromatic rings. The van der Waals surface area contributed by atoms with Crippen LogP contribution in [0.25, 0.3) is 0 Å². The van der Waals surface area contributed by atoms with Crippen LogP contribution < -0.4 is 10.6 Å². The van der Waals surface area contributed by atoms with Crippen molar-refractivity contribution in [2.24, 2.45) is 16.8 Å². The van der Waals surface area contributed by atoms with Crippen LogP contribution in [-0.4, -0.2) is 38.7 Å². The predicted octanol–water partition coefficient (Wildman–Crippen LogP) is 1.39. The Morgan fingerprint density at radius 3 is 2.52 bits per heavy atom. The van der Waals surface area contributed by atoms with Crippen LogP contribution in [0.1, 0.15) is 39.0 Å². The number of amides is 2. The molecule has 0 spiro atoms. The number of unbranched alkanes of at least 4 members (excludes halogenated alkanes) is 2. The summed E-state index contributed by atoms with van der Waals surface area (Å²) in [5.41, 5.74) is 0. The number of hydrogen-bond acceptors (Lipinski definition) is 3. The maximum Gasteiger partial charge on any atom is 0.245 e. The molecule has 2 N–H and O–H groups in total. The summed E-state index contributed by atoms with van der Waals surface area (Å²) in [4.78, 5) is 27.4. The number of carbonyl (C=O) groups is 2. The van der Waals surface area contributed by atoms with E-state index < -0.39 is 5.92 Å². The van der Waals surface area contributed by atoms with Crippen LogP contribution in [0.5, 0.6) is 0 Å². The number of terminal acetylenes is 1. The number of aliphatic imine (C=N–C) groups is 1. The number of rotatable bonds is 10. The van der Waals surface area contributed by atoms with Crippen molar-refractivity contribution in [2.45, 2.75) is 39.0 Å². The molecule has 118 valence electrons. The van der Waals surface area contributed by atoms with Crippen molar-refractivity contribution in [2.75, 3.05) is 20.6 Å².